The van der Waals surface area contributed by atoms with Gasteiger partial charge in [0, 0.05) is 12.6 Å². The SMILES string of the molecule is CC(O)OCC(=O)CC(O)C(F)n1ccnn1. The first kappa shape index (κ1) is 13.7. The fraction of sp³-hybridized carbons (Fsp3) is 0.667. The van der Waals surface area contributed by atoms with Crippen LogP contribution in [0.15, 0.2) is 12.4 Å². The van der Waals surface area contributed by atoms with Crippen molar-refractivity contribution in [3.8, 4) is 0 Å². The van der Waals surface area contributed by atoms with Gasteiger partial charge in [-0.3, -0.25) is 4.79 Å². The largest absolute Gasteiger partial charge is 0.388 e. The molecule has 0 bridgehead atoms. The summed E-state index contributed by atoms with van der Waals surface area (Å²) in [5.41, 5.74) is 0. The predicted molar refractivity (Wildman–Crippen MR) is 53.4 cm³/mol. The fourth-order valence-electron chi connectivity index (χ4n) is 1.13. The van der Waals surface area contributed by atoms with E-state index in [-0.39, 0.29) is 6.61 Å². The molecule has 0 aliphatic rings. The molecule has 0 saturated carbocycles. The third kappa shape index (κ3) is 4.55. The second-order valence-electron chi connectivity index (χ2n) is 3.48. The van der Waals surface area contributed by atoms with Crippen LogP contribution in [0.2, 0.25) is 0 Å². The minimum Gasteiger partial charge on any atom is -0.388 e. The topological polar surface area (TPSA) is 97.5 Å². The third-order valence-electron chi connectivity index (χ3n) is 1.93. The molecule has 0 amide bonds. The number of nitrogens with zero attached hydrogens (tertiary/aromatic N) is 3. The lowest BCUT2D eigenvalue weighted by Crippen LogP contribution is -2.26. The maximum absolute atomic E-state index is 13.5. The van der Waals surface area contributed by atoms with Crippen LogP contribution in [0.5, 0.6) is 0 Å². The highest BCUT2D eigenvalue weighted by molar-refractivity contribution is 5.80. The Hall–Kier alpha value is -1.38. The molecule has 0 spiro atoms. The van der Waals surface area contributed by atoms with E-state index in [4.69, 9.17) is 5.11 Å². The lowest BCUT2D eigenvalue weighted by molar-refractivity contribution is -0.139. The normalized spacial score (nSPS) is 16.5. The van der Waals surface area contributed by atoms with Gasteiger partial charge >= 0.3 is 0 Å². The molecule has 1 aromatic rings. The Labute approximate surface area is 96.8 Å². The highest BCUT2D eigenvalue weighted by atomic mass is 19.1. The zero-order valence-corrected chi connectivity index (χ0v) is 9.23. The van der Waals surface area contributed by atoms with Crippen LogP contribution < -0.4 is 0 Å². The number of hydrogen-bond acceptors (Lipinski definition) is 6. The Balaban J connectivity index is 2.38. The average Bonchev–Trinajstić information content (AvgIpc) is 2.78. The Morgan fingerprint density at radius 3 is 2.82 bits per heavy atom. The van der Waals surface area contributed by atoms with E-state index in [0.29, 0.717) is 0 Å². The van der Waals surface area contributed by atoms with Crippen molar-refractivity contribution in [3.05, 3.63) is 12.4 Å². The first-order valence-electron chi connectivity index (χ1n) is 5.00. The first-order valence-corrected chi connectivity index (χ1v) is 5.00. The highest BCUT2D eigenvalue weighted by Gasteiger charge is 2.23. The lowest BCUT2D eigenvalue weighted by atomic mass is 10.2. The number of Topliss-reactive ketones (excluding diaryl/α,β-unsaturated/α-hetero) is 1. The van der Waals surface area contributed by atoms with Crippen molar-refractivity contribution in [3.63, 3.8) is 0 Å². The summed E-state index contributed by atoms with van der Waals surface area (Å²) in [5.74, 6) is -0.513. The van der Waals surface area contributed by atoms with Crippen LogP contribution in [0.4, 0.5) is 4.39 Å². The molecule has 3 unspecified atom stereocenters. The van der Waals surface area contributed by atoms with Gasteiger partial charge in [0.25, 0.3) is 0 Å². The Bertz CT molecular complexity index is 344. The lowest BCUT2D eigenvalue weighted by Gasteiger charge is -2.14. The molecule has 1 rings (SSSR count). The number of aliphatic hydroxyl groups is 2. The van der Waals surface area contributed by atoms with Crippen LogP contribution in [0, 0.1) is 0 Å². The maximum atomic E-state index is 13.5. The molecule has 0 fully saturated rings. The summed E-state index contributed by atoms with van der Waals surface area (Å²) in [7, 11) is 0. The van der Waals surface area contributed by atoms with Crippen LogP contribution in [-0.4, -0.2) is 50.0 Å². The molecule has 1 heterocycles. The second-order valence-corrected chi connectivity index (χ2v) is 3.48. The number of ketones is 1. The summed E-state index contributed by atoms with van der Waals surface area (Å²) in [6, 6.07) is 0. The van der Waals surface area contributed by atoms with Gasteiger partial charge in [-0.05, 0) is 6.92 Å². The van der Waals surface area contributed by atoms with Gasteiger partial charge in [-0.15, -0.1) is 5.10 Å². The predicted octanol–water partition coefficient (Wildman–Crippen LogP) is -0.579. The van der Waals surface area contributed by atoms with Crippen LogP contribution >= 0.6 is 0 Å². The Kier molecular flexibility index (Phi) is 5.13. The number of aliphatic hydroxyl groups excluding tert-OH is 2. The van der Waals surface area contributed by atoms with E-state index in [0.717, 1.165) is 4.68 Å². The quantitative estimate of drug-likeness (QED) is 0.626. The van der Waals surface area contributed by atoms with E-state index in [1.54, 1.807) is 0 Å². The number of carbonyl (C=O) groups excluding carboxylic acids is 1. The van der Waals surface area contributed by atoms with Crippen LogP contribution in [0.25, 0.3) is 0 Å². The molecule has 0 saturated heterocycles. The van der Waals surface area contributed by atoms with Gasteiger partial charge in [0.2, 0.25) is 6.30 Å². The maximum Gasteiger partial charge on any atom is 0.219 e. The van der Waals surface area contributed by atoms with E-state index >= 15 is 0 Å². The number of ether oxygens (including phenoxy) is 1. The zero-order valence-electron chi connectivity index (χ0n) is 9.23. The zero-order chi connectivity index (χ0) is 12.8. The summed E-state index contributed by atoms with van der Waals surface area (Å²) in [6.45, 7) is 0.968. The molecule has 0 aliphatic carbocycles. The van der Waals surface area contributed by atoms with Gasteiger partial charge in [-0.2, -0.15) is 0 Å². The standard InChI is InChI=1S/C9H14FN3O4/c1-6(14)17-5-7(15)4-8(16)9(10)13-3-2-11-12-13/h2-3,6,8-9,14,16H,4-5H2,1H3. The second kappa shape index (κ2) is 6.38. The van der Waals surface area contributed by atoms with Crippen molar-refractivity contribution < 1.29 is 24.1 Å². The van der Waals surface area contributed by atoms with Crippen molar-refractivity contribution in [1.82, 2.24) is 15.0 Å². The van der Waals surface area contributed by atoms with Crippen molar-refractivity contribution in [1.29, 1.82) is 0 Å². The van der Waals surface area contributed by atoms with Gasteiger partial charge < -0.3 is 14.9 Å². The summed E-state index contributed by atoms with van der Waals surface area (Å²) in [6.07, 6.45) is -2.36. The molecular formula is C9H14FN3O4. The third-order valence-corrected chi connectivity index (χ3v) is 1.93. The number of carbonyl (C=O) groups is 1. The van der Waals surface area contributed by atoms with E-state index in [2.05, 4.69) is 15.0 Å². The molecule has 8 heteroatoms. The first-order chi connectivity index (χ1) is 8.00. The minimum atomic E-state index is -1.84. The number of halogens is 1. The van der Waals surface area contributed by atoms with E-state index < -0.39 is 30.9 Å². The number of hydrogen-bond donors (Lipinski definition) is 2. The van der Waals surface area contributed by atoms with Gasteiger partial charge in [0.1, 0.15) is 12.7 Å². The summed E-state index contributed by atoms with van der Waals surface area (Å²) < 4.78 is 18.9. The Morgan fingerprint density at radius 1 is 1.59 bits per heavy atom. The Morgan fingerprint density at radius 2 is 2.29 bits per heavy atom. The van der Waals surface area contributed by atoms with Crippen molar-refractivity contribution >= 4 is 5.78 Å². The molecule has 96 valence electrons. The molecule has 3 atom stereocenters. The molecule has 1 aromatic heterocycles. The summed E-state index contributed by atoms with van der Waals surface area (Å²) in [5, 5.41) is 24.9. The number of rotatable bonds is 7. The number of alkyl halides is 1. The smallest absolute Gasteiger partial charge is 0.219 e. The van der Waals surface area contributed by atoms with Gasteiger partial charge in [0.15, 0.2) is 12.1 Å². The average molecular weight is 247 g/mol. The van der Waals surface area contributed by atoms with Gasteiger partial charge in [0.05, 0.1) is 6.20 Å². The van der Waals surface area contributed by atoms with Crippen LogP contribution in [-0.2, 0) is 9.53 Å². The van der Waals surface area contributed by atoms with Gasteiger partial charge in [-0.25, -0.2) is 9.07 Å². The molecule has 7 nitrogen and oxygen atoms in total. The summed E-state index contributed by atoms with van der Waals surface area (Å²) in [4.78, 5) is 11.2. The van der Waals surface area contributed by atoms with Crippen molar-refractivity contribution in [2.24, 2.45) is 0 Å². The van der Waals surface area contributed by atoms with E-state index in [1.165, 1.54) is 19.3 Å². The molecule has 0 radical (unpaired) electrons. The van der Waals surface area contributed by atoms with Crippen molar-refractivity contribution in [2.75, 3.05) is 6.61 Å². The van der Waals surface area contributed by atoms with Crippen molar-refractivity contribution in [2.45, 2.75) is 32.0 Å². The summed E-state index contributed by atoms with van der Waals surface area (Å²) >= 11 is 0. The minimum absolute atomic E-state index is 0.376. The van der Waals surface area contributed by atoms with E-state index in [1.807, 2.05) is 0 Å². The van der Waals surface area contributed by atoms with Crippen LogP contribution in [0.1, 0.15) is 19.6 Å². The number of aromatic nitrogens is 3. The highest BCUT2D eigenvalue weighted by Crippen LogP contribution is 2.14. The van der Waals surface area contributed by atoms with E-state index in [9.17, 15) is 14.3 Å². The molecule has 0 aliphatic heterocycles. The monoisotopic (exact) mass is 247 g/mol. The molecule has 0 aromatic carbocycles. The fourth-order valence-corrected chi connectivity index (χ4v) is 1.13. The molecular weight excluding hydrogens is 233 g/mol. The van der Waals surface area contributed by atoms with Crippen LogP contribution in [0.3, 0.4) is 0 Å². The molecule has 2 N–H and O–H groups in total. The van der Waals surface area contributed by atoms with Gasteiger partial charge in [-0.1, -0.05) is 5.21 Å². The molecule has 17 heavy (non-hydrogen) atoms.